The van der Waals surface area contributed by atoms with Crippen LogP contribution in [0.15, 0.2) is 11.6 Å². The highest BCUT2D eigenvalue weighted by Gasteiger charge is 2.12. The third-order valence-electron chi connectivity index (χ3n) is 3.33. The highest BCUT2D eigenvalue weighted by Crippen LogP contribution is 2.13. The first-order valence-corrected chi connectivity index (χ1v) is 6.98. The van der Waals surface area contributed by atoms with Crippen molar-refractivity contribution in [2.75, 3.05) is 13.7 Å². The monoisotopic (exact) mass is 279 g/mol. The van der Waals surface area contributed by atoms with Crippen molar-refractivity contribution in [1.82, 2.24) is 15.1 Å². The number of aromatic nitrogens is 2. The van der Waals surface area contributed by atoms with Crippen molar-refractivity contribution in [2.45, 2.75) is 47.2 Å². The molecule has 0 radical (unpaired) electrons. The van der Waals surface area contributed by atoms with E-state index in [1.54, 1.807) is 7.11 Å². The highest BCUT2D eigenvalue weighted by atomic mass is 16.5. The summed E-state index contributed by atoms with van der Waals surface area (Å²) in [6, 6.07) is 0. The molecule has 0 unspecified atom stereocenters. The first-order chi connectivity index (χ1) is 9.51. The van der Waals surface area contributed by atoms with E-state index in [1.807, 2.05) is 38.5 Å². The molecule has 1 amide bonds. The number of carbonyl (C=O) groups excluding carboxylic acids is 1. The molecular formula is C15H25N3O2. The summed E-state index contributed by atoms with van der Waals surface area (Å²) < 4.78 is 6.99. The predicted octanol–water partition coefficient (Wildman–Crippen LogP) is 2.12. The lowest BCUT2D eigenvalue weighted by Crippen LogP contribution is -2.24. The third kappa shape index (κ3) is 4.20. The Bertz CT molecular complexity index is 490. The fraction of sp³-hybridized carbons (Fsp3) is 0.600. The third-order valence-corrected chi connectivity index (χ3v) is 3.33. The van der Waals surface area contributed by atoms with Crippen molar-refractivity contribution in [2.24, 2.45) is 0 Å². The van der Waals surface area contributed by atoms with Gasteiger partial charge in [0.15, 0.2) is 0 Å². The SMILES string of the molecule is CC/C=C(\C)C(=O)NCc1c(C)nn(CCOC)c1C. The van der Waals surface area contributed by atoms with Crippen molar-refractivity contribution >= 4 is 5.91 Å². The largest absolute Gasteiger partial charge is 0.383 e. The summed E-state index contributed by atoms with van der Waals surface area (Å²) >= 11 is 0. The Balaban J connectivity index is 2.71. The maximum absolute atomic E-state index is 11.9. The van der Waals surface area contributed by atoms with Crippen LogP contribution in [0.2, 0.25) is 0 Å². The predicted molar refractivity (Wildman–Crippen MR) is 79.5 cm³/mol. The second-order valence-corrected chi connectivity index (χ2v) is 4.84. The molecule has 0 fully saturated rings. The molecule has 1 N–H and O–H groups in total. The van der Waals surface area contributed by atoms with Gasteiger partial charge in [-0.25, -0.2) is 0 Å². The zero-order valence-electron chi connectivity index (χ0n) is 13.1. The minimum Gasteiger partial charge on any atom is -0.383 e. The van der Waals surface area contributed by atoms with Crippen LogP contribution in [0.5, 0.6) is 0 Å². The number of hydrogen-bond donors (Lipinski definition) is 1. The lowest BCUT2D eigenvalue weighted by Gasteiger charge is -2.07. The molecule has 0 spiro atoms. The standard InChI is InChI=1S/C15H25N3O2/c1-6-7-11(2)15(19)16-10-14-12(3)17-18(13(14)4)8-9-20-5/h7H,6,8-10H2,1-5H3,(H,16,19)/b11-7+. The summed E-state index contributed by atoms with van der Waals surface area (Å²) in [5.74, 6) is -0.0182. The Hall–Kier alpha value is -1.62. The summed E-state index contributed by atoms with van der Waals surface area (Å²) in [5, 5.41) is 7.42. The van der Waals surface area contributed by atoms with E-state index >= 15 is 0 Å². The zero-order chi connectivity index (χ0) is 15.1. The van der Waals surface area contributed by atoms with E-state index < -0.39 is 0 Å². The smallest absolute Gasteiger partial charge is 0.246 e. The Kier molecular flexibility index (Phi) is 6.45. The molecule has 0 atom stereocenters. The van der Waals surface area contributed by atoms with Crippen LogP contribution in [0.3, 0.4) is 0 Å². The van der Waals surface area contributed by atoms with Crippen LogP contribution in [0.4, 0.5) is 0 Å². The molecule has 0 aromatic carbocycles. The average Bonchev–Trinajstić information content (AvgIpc) is 2.69. The topological polar surface area (TPSA) is 56.2 Å². The van der Waals surface area contributed by atoms with Gasteiger partial charge in [-0.05, 0) is 27.2 Å². The molecule has 1 aromatic heterocycles. The Morgan fingerprint density at radius 1 is 1.45 bits per heavy atom. The van der Waals surface area contributed by atoms with E-state index in [0.717, 1.165) is 35.5 Å². The lowest BCUT2D eigenvalue weighted by molar-refractivity contribution is -0.117. The number of hydrogen-bond acceptors (Lipinski definition) is 3. The Labute approximate surface area is 121 Å². The first-order valence-electron chi connectivity index (χ1n) is 6.98. The van der Waals surface area contributed by atoms with E-state index in [9.17, 15) is 4.79 Å². The van der Waals surface area contributed by atoms with Gasteiger partial charge in [0, 0.05) is 30.5 Å². The summed E-state index contributed by atoms with van der Waals surface area (Å²) in [7, 11) is 1.68. The van der Waals surface area contributed by atoms with Gasteiger partial charge in [0.1, 0.15) is 0 Å². The van der Waals surface area contributed by atoms with Gasteiger partial charge in [-0.1, -0.05) is 13.0 Å². The quantitative estimate of drug-likeness (QED) is 0.778. The lowest BCUT2D eigenvalue weighted by atomic mass is 10.2. The van der Waals surface area contributed by atoms with E-state index in [4.69, 9.17) is 4.74 Å². The highest BCUT2D eigenvalue weighted by molar-refractivity contribution is 5.92. The molecule has 0 aliphatic rings. The minimum atomic E-state index is -0.0182. The molecule has 1 aromatic rings. The van der Waals surface area contributed by atoms with E-state index in [2.05, 4.69) is 10.4 Å². The molecule has 0 bridgehead atoms. The Morgan fingerprint density at radius 2 is 2.15 bits per heavy atom. The van der Waals surface area contributed by atoms with E-state index in [0.29, 0.717) is 13.2 Å². The van der Waals surface area contributed by atoms with Crippen LogP contribution in [-0.4, -0.2) is 29.4 Å². The fourth-order valence-electron chi connectivity index (χ4n) is 2.09. The number of carbonyl (C=O) groups is 1. The average molecular weight is 279 g/mol. The second kappa shape index (κ2) is 7.85. The second-order valence-electron chi connectivity index (χ2n) is 4.84. The van der Waals surface area contributed by atoms with Gasteiger partial charge < -0.3 is 10.1 Å². The molecule has 20 heavy (non-hydrogen) atoms. The van der Waals surface area contributed by atoms with E-state index in [-0.39, 0.29) is 5.91 Å². The van der Waals surface area contributed by atoms with E-state index in [1.165, 1.54) is 0 Å². The molecule has 5 heteroatoms. The fourth-order valence-corrected chi connectivity index (χ4v) is 2.09. The van der Waals surface area contributed by atoms with Gasteiger partial charge in [-0.15, -0.1) is 0 Å². The van der Waals surface area contributed by atoms with Crippen molar-refractivity contribution in [3.63, 3.8) is 0 Å². The van der Waals surface area contributed by atoms with Crippen molar-refractivity contribution in [3.8, 4) is 0 Å². The summed E-state index contributed by atoms with van der Waals surface area (Å²) in [4.78, 5) is 11.9. The number of rotatable bonds is 7. The van der Waals surface area contributed by atoms with Crippen molar-refractivity contribution in [1.29, 1.82) is 0 Å². The van der Waals surface area contributed by atoms with Crippen molar-refractivity contribution < 1.29 is 9.53 Å². The first kappa shape index (κ1) is 16.4. The molecule has 5 nitrogen and oxygen atoms in total. The molecule has 0 aliphatic carbocycles. The van der Waals surface area contributed by atoms with Crippen LogP contribution in [-0.2, 0) is 22.6 Å². The number of ether oxygens (including phenoxy) is 1. The molecule has 112 valence electrons. The number of amides is 1. The molecule has 1 rings (SSSR count). The molecular weight excluding hydrogens is 254 g/mol. The Morgan fingerprint density at radius 3 is 2.75 bits per heavy atom. The van der Waals surface area contributed by atoms with Crippen LogP contribution in [0.25, 0.3) is 0 Å². The van der Waals surface area contributed by atoms with Gasteiger partial charge in [-0.2, -0.15) is 5.10 Å². The van der Waals surface area contributed by atoms with Crippen LogP contribution >= 0.6 is 0 Å². The zero-order valence-corrected chi connectivity index (χ0v) is 13.1. The minimum absolute atomic E-state index is 0.0182. The number of nitrogens with zero attached hydrogens (tertiary/aromatic N) is 2. The number of allylic oxidation sites excluding steroid dienone is 1. The van der Waals surface area contributed by atoms with Crippen LogP contribution < -0.4 is 5.32 Å². The van der Waals surface area contributed by atoms with Gasteiger partial charge in [0.05, 0.1) is 18.8 Å². The molecule has 0 aliphatic heterocycles. The summed E-state index contributed by atoms with van der Waals surface area (Å²) in [6.07, 6.45) is 2.79. The van der Waals surface area contributed by atoms with Gasteiger partial charge in [-0.3, -0.25) is 9.48 Å². The maximum Gasteiger partial charge on any atom is 0.246 e. The molecule has 0 saturated carbocycles. The van der Waals surface area contributed by atoms with Gasteiger partial charge in [0.25, 0.3) is 0 Å². The molecule has 0 saturated heterocycles. The normalized spacial score (nSPS) is 11.8. The van der Waals surface area contributed by atoms with Gasteiger partial charge in [0.2, 0.25) is 5.91 Å². The summed E-state index contributed by atoms with van der Waals surface area (Å²) in [5.41, 5.74) is 3.88. The molecule has 1 heterocycles. The maximum atomic E-state index is 11.9. The van der Waals surface area contributed by atoms with Crippen molar-refractivity contribution in [3.05, 3.63) is 28.6 Å². The van der Waals surface area contributed by atoms with Crippen LogP contribution in [0, 0.1) is 13.8 Å². The number of aryl methyl sites for hydroxylation is 1. The number of methoxy groups -OCH3 is 1. The van der Waals surface area contributed by atoms with Gasteiger partial charge >= 0.3 is 0 Å². The number of nitrogens with one attached hydrogen (secondary N) is 1. The summed E-state index contributed by atoms with van der Waals surface area (Å²) in [6.45, 7) is 9.71. The van der Waals surface area contributed by atoms with Crippen LogP contribution in [0.1, 0.15) is 37.2 Å².